The molecule has 2 aromatic rings. The van der Waals surface area contributed by atoms with E-state index in [1.165, 1.54) is 0 Å². The molecule has 3 rings (SSSR count). The number of Topliss-reactive ketones (excluding diaryl/α,β-unsaturated/α-hetero) is 1. The smallest absolute Gasteiger partial charge is 0.421 e. The Bertz CT molecular complexity index is 1970. The normalized spacial score (nSPS) is 16.0. The van der Waals surface area contributed by atoms with Crippen LogP contribution in [0.25, 0.3) is 0 Å². The van der Waals surface area contributed by atoms with Gasteiger partial charge in [-0.1, -0.05) is 94.3 Å². The molecule has 5 atom stereocenters. The number of ether oxygens (including phenoxy) is 3. The second-order valence-corrected chi connectivity index (χ2v) is 18.2. The summed E-state index contributed by atoms with van der Waals surface area (Å²) in [4.78, 5) is 84.8. The molecule has 0 radical (unpaired) electrons. The molecule has 1 fully saturated rings. The Balaban J connectivity index is 1.92. The summed E-state index contributed by atoms with van der Waals surface area (Å²) < 4.78 is 44.4. The van der Waals surface area contributed by atoms with Gasteiger partial charge in [-0.05, 0) is 55.6 Å². The first-order valence-electron chi connectivity index (χ1n) is 21.0. The summed E-state index contributed by atoms with van der Waals surface area (Å²) in [6, 6.07) is 13.4. The SMILES string of the molecule is C#CCOC(=O)OC(C)(COS(C)(=O)=O)C(=O)[C@H](CC(C)C)NC(=O)[C@H](Cc1ccccc1)NC(=O)[C@H](CC(C)C)NC(=O)[C@H](CCc1ccccc1)NC(=O)CN1CCOCC1. The van der Waals surface area contributed by atoms with E-state index in [9.17, 15) is 37.2 Å². The van der Waals surface area contributed by atoms with Crippen molar-refractivity contribution in [1.82, 2.24) is 26.2 Å². The van der Waals surface area contributed by atoms with E-state index in [0.717, 1.165) is 18.7 Å². The first kappa shape index (κ1) is 52.0. The molecule has 4 N–H and O–H groups in total. The highest BCUT2D eigenvalue weighted by atomic mass is 32.2. The molecule has 0 aliphatic carbocycles. The summed E-state index contributed by atoms with van der Waals surface area (Å²) in [6.07, 6.45) is 5.39. The predicted octanol–water partition coefficient (Wildman–Crippen LogP) is 2.32. The molecule has 0 bridgehead atoms. The van der Waals surface area contributed by atoms with Crippen molar-refractivity contribution < 1.29 is 55.6 Å². The van der Waals surface area contributed by atoms with Gasteiger partial charge in [0, 0.05) is 19.5 Å². The van der Waals surface area contributed by atoms with Crippen LogP contribution in [0.4, 0.5) is 4.79 Å². The van der Waals surface area contributed by atoms with Crippen LogP contribution >= 0.6 is 0 Å². The Morgan fingerprint density at radius 3 is 1.87 bits per heavy atom. The molecule has 4 amide bonds. The third-order valence-corrected chi connectivity index (χ3v) is 10.5. The van der Waals surface area contributed by atoms with Gasteiger partial charge in [-0.3, -0.25) is 33.1 Å². The number of carbonyl (C=O) groups excluding carboxylic acids is 6. The van der Waals surface area contributed by atoms with Crippen LogP contribution in [0.3, 0.4) is 0 Å². The van der Waals surface area contributed by atoms with Crippen LogP contribution in [-0.2, 0) is 65.3 Å². The van der Waals surface area contributed by atoms with Gasteiger partial charge in [0.1, 0.15) is 24.7 Å². The Morgan fingerprint density at radius 1 is 0.778 bits per heavy atom. The predicted molar refractivity (Wildman–Crippen MR) is 234 cm³/mol. The summed E-state index contributed by atoms with van der Waals surface area (Å²) in [5.74, 6) is -1.58. The minimum absolute atomic E-state index is 0.00145. The minimum Gasteiger partial charge on any atom is -0.421 e. The molecule has 0 saturated carbocycles. The molecule has 1 unspecified atom stereocenters. The van der Waals surface area contributed by atoms with Gasteiger partial charge in [0.15, 0.2) is 12.2 Å². The number of amides is 4. The van der Waals surface area contributed by atoms with Gasteiger partial charge in [0.2, 0.25) is 29.4 Å². The number of benzene rings is 2. The number of hydrogen-bond donors (Lipinski definition) is 4. The van der Waals surface area contributed by atoms with E-state index >= 15 is 0 Å². The van der Waals surface area contributed by atoms with Crippen molar-refractivity contribution in [3.05, 3.63) is 71.8 Å². The zero-order chi connectivity index (χ0) is 46.6. The van der Waals surface area contributed by atoms with Gasteiger partial charge in [-0.15, -0.1) is 6.42 Å². The molecule has 18 heteroatoms. The van der Waals surface area contributed by atoms with Crippen molar-refractivity contribution in [2.24, 2.45) is 11.8 Å². The maximum Gasteiger partial charge on any atom is 0.510 e. The molecule has 0 spiro atoms. The quantitative estimate of drug-likeness (QED) is 0.0639. The van der Waals surface area contributed by atoms with Crippen molar-refractivity contribution >= 4 is 45.7 Å². The highest BCUT2D eigenvalue weighted by molar-refractivity contribution is 7.86. The van der Waals surface area contributed by atoms with Gasteiger partial charge in [-0.25, -0.2) is 4.79 Å². The van der Waals surface area contributed by atoms with E-state index in [-0.39, 0.29) is 50.0 Å². The third kappa shape index (κ3) is 19.3. The average molecular weight is 898 g/mol. The standard InChI is InChI=1S/C45H63N5O12S/c1-8-23-60-44(56)62-45(6,30-61-63(7,57)58)40(52)36(26-31(2)3)47-43(55)38(28-34-17-13-10-14-18-34)49-42(54)37(27-32(4)5)48-41(53)35(20-19-33-15-11-9-12-16-33)46-39(51)29-50-21-24-59-25-22-50/h1,9-18,31-32,35-38H,19-30H2,2-7H3,(H,46,51)(H,47,55)(H,48,53)(H,49,54)/t35-,36-,37-,38-,45?/m0/s1. The number of carbonyl (C=O) groups is 6. The molecular weight excluding hydrogens is 835 g/mol. The topological polar surface area (TPSA) is 225 Å². The number of morpholine rings is 1. The first-order valence-corrected chi connectivity index (χ1v) is 22.9. The van der Waals surface area contributed by atoms with Crippen molar-refractivity contribution in [3.63, 3.8) is 0 Å². The van der Waals surface area contributed by atoms with Gasteiger partial charge >= 0.3 is 6.16 Å². The van der Waals surface area contributed by atoms with Crippen molar-refractivity contribution in [3.8, 4) is 12.3 Å². The third-order valence-electron chi connectivity index (χ3n) is 9.93. The number of hydrogen-bond acceptors (Lipinski definition) is 13. The maximum absolute atomic E-state index is 14.4. The van der Waals surface area contributed by atoms with Crippen LogP contribution in [0.15, 0.2) is 60.7 Å². The number of ketones is 1. The van der Waals surface area contributed by atoms with Crippen LogP contribution in [-0.4, -0.2) is 131 Å². The monoisotopic (exact) mass is 897 g/mol. The molecule has 1 heterocycles. The van der Waals surface area contributed by atoms with Gasteiger partial charge in [0.05, 0.1) is 32.1 Å². The lowest BCUT2D eigenvalue weighted by Crippen LogP contribution is -2.60. The van der Waals surface area contributed by atoms with E-state index < -0.39 is 82.8 Å². The Labute approximate surface area is 371 Å². The fourth-order valence-electron chi connectivity index (χ4n) is 6.76. The minimum atomic E-state index is -4.14. The lowest BCUT2D eigenvalue weighted by molar-refractivity contribution is -0.146. The number of rotatable bonds is 25. The summed E-state index contributed by atoms with van der Waals surface area (Å²) >= 11 is 0. The fraction of sp³-hybridized carbons (Fsp3) is 0.556. The van der Waals surface area contributed by atoms with E-state index in [1.54, 1.807) is 44.2 Å². The van der Waals surface area contributed by atoms with Crippen LogP contribution in [0.2, 0.25) is 0 Å². The summed E-state index contributed by atoms with van der Waals surface area (Å²) in [6.45, 7) is 9.17. The number of terminal acetylenes is 1. The highest BCUT2D eigenvalue weighted by Crippen LogP contribution is 2.21. The highest BCUT2D eigenvalue weighted by Gasteiger charge is 2.45. The molecule has 63 heavy (non-hydrogen) atoms. The molecule has 1 aliphatic heterocycles. The molecule has 0 aromatic heterocycles. The summed E-state index contributed by atoms with van der Waals surface area (Å²) in [7, 11) is -4.14. The van der Waals surface area contributed by atoms with Crippen molar-refractivity contribution in [1.29, 1.82) is 0 Å². The Hall–Kier alpha value is -5.35. The van der Waals surface area contributed by atoms with Gasteiger partial charge in [-0.2, -0.15) is 8.42 Å². The van der Waals surface area contributed by atoms with Crippen LogP contribution in [0.1, 0.15) is 65.0 Å². The van der Waals surface area contributed by atoms with Crippen LogP contribution in [0.5, 0.6) is 0 Å². The molecule has 1 aliphatic rings. The molecule has 2 aromatic carbocycles. The second-order valence-electron chi connectivity index (χ2n) is 16.6. The fourth-order valence-corrected chi connectivity index (χ4v) is 7.20. The lowest BCUT2D eigenvalue weighted by Gasteiger charge is -2.32. The van der Waals surface area contributed by atoms with Gasteiger partial charge < -0.3 is 35.5 Å². The summed E-state index contributed by atoms with van der Waals surface area (Å²) in [5, 5.41) is 11.2. The second kappa shape index (κ2) is 25.7. The number of aryl methyl sites for hydroxylation is 1. The Kier molecular flexibility index (Phi) is 21.2. The molecule has 1 saturated heterocycles. The molecule has 346 valence electrons. The van der Waals surface area contributed by atoms with Crippen LogP contribution < -0.4 is 21.3 Å². The zero-order valence-corrected chi connectivity index (χ0v) is 37.9. The summed E-state index contributed by atoms with van der Waals surface area (Å²) in [5.41, 5.74) is -0.679. The van der Waals surface area contributed by atoms with E-state index in [4.69, 9.17) is 24.8 Å². The average Bonchev–Trinajstić information content (AvgIpc) is 3.23. The Morgan fingerprint density at radius 2 is 1.30 bits per heavy atom. The number of nitrogens with zero attached hydrogens (tertiary/aromatic N) is 1. The van der Waals surface area contributed by atoms with E-state index in [0.29, 0.717) is 38.3 Å². The van der Waals surface area contributed by atoms with E-state index in [2.05, 4.69) is 27.2 Å². The largest absolute Gasteiger partial charge is 0.510 e. The zero-order valence-electron chi connectivity index (χ0n) is 37.1. The molecular formula is C45H63N5O12S. The first-order chi connectivity index (χ1) is 29.8. The van der Waals surface area contributed by atoms with Crippen molar-refractivity contribution in [2.45, 2.75) is 96.5 Å². The van der Waals surface area contributed by atoms with Gasteiger partial charge in [0.25, 0.3) is 10.1 Å². The molecule has 17 nitrogen and oxygen atoms in total. The number of nitrogens with one attached hydrogen (secondary N) is 4. The maximum atomic E-state index is 14.4. The van der Waals surface area contributed by atoms with Crippen molar-refractivity contribution in [2.75, 3.05) is 52.3 Å². The van der Waals surface area contributed by atoms with Crippen LogP contribution in [0, 0.1) is 24.2 Å². The lowest BCUT2D eigenvalue weighted by atomic mass is 9.90. The van der Waals surface area contributed by atoms with E-state index in [1.807, 2.05) is 49.1 Å².